The predicted octanol–water partition coefficient (Wildman–Crippen LogP) is 0.955. The van der Waals surface area contributed by atoms with E-state index < -0.39 is 0 Å². The minimum absolute atomic E-state index is 0. The summed E-state index contributed by atoms with van der Waals surface area (Å²) in [6, 6.07) is 3.64. The standard InChI is InChI=1S/C17H23N4O2.CH4.K/c1-3-4-7-15(11-22)21-17-16(10-19-13(2)20-17)23-12-14-6-5-8-18-9-14;;/h5-6,8-10,15,22H,3-4,7,11-12H2,1-2H3;1H4;/q-1;;+1/t15-;;/m0../s1. The Morgan fingerprint density at radius 2 is 2.12 bits per heavy atom. The zero-order valence-electron chi connectivity index (χ0n) is 14.6. The van der Waals surface area contributed by atoms with Gasteiger partial charge in [0.15, 0.2) is 0 Å². The van der Waals surface area contributed by atoms with E-state index in [0.29, 0.717) is 24.0 Å². The van der Waals surface area contributed by atoms with Gasteiger partial charge in [-0.3, -0.25) is 9.97 Å². The maximum absolute atomic E-state index is 9.50. The van der Waals surface area contributed by atoms with Crippen LogP contribution in [0.25, 0.3) is 5.32 Å². The molecule has 25 heavy (non-hydrogen) atoms. The van der Waals surface area contributed by atoms with Gasteiger partial charge < -0.3 is 20.1 Å². The normalized spacial score (nSPS) is 11.0. The number of hydrogen-bond donors (Lipinski definition) is 1. The number of ether oxygens (including phenoxy) is 1. The van der Waals surface area contributed by atoms with Gasteiger partial charge in [0.25, 0.3) is 0 Å². The van der Waals surface area contributed by atoms with Crippen molar-refractivity contribution in [2.24, 2.45) is 0 Å². The second kappa shape index (κ2) is 13.6. The molecule has 0 aromatic carbocycles. The summed E-state index contributed by atoms with van der Waals surface area (Å²) in [6.07, 6.45) is 8.02. The van der Waals surface area contributed by atoms with Gasteiger partial charge in [-0.1, -0.05) is 33.3 Å². The number of aryl methyl sites for hydroxylation is 1. The Hall–Kier alpha value is -0.574. The molecule has 0 spiro atoms. The summed E-state index contributed by atoms with van der Waals surface area (Å²) in [4.78, 5) is 12.6. The van der Waals surface area contributed by atoms with Crippen LogP contribution in [0, 0.1) is 6.92 Å². The maximum Gasteiger partial charge on any atom is 1.00 e. The summed E-state index contributed by atoms with van der Waals surface area (Å²) in [7, 11) is 0. The van der Waals surface area contributed by atoms with Crippen molar-refractivity contribution in [3.8, 4) is 5.75 Å². The van der Waals surface area contributed by atoms with Crippen LogP contribution in [0.1, 0.15) is 45.0 Å². The molecule has 6 nitrogen and oxygen atoms in total. The van der Waals surface area contributed by atoms with Gasteiger partial charge in [0.1, 0.15) is 12.4 Å². The van der Waals surface area contributed by atoms with E-state index in [0.717, 1.165) is 24.8 Å². The zero-order chi connectivity index (χ0) is 16.5. The van der Waals surface area contributed by atoms with Crippen LogP contribution in [0.4, 0.5) is 5.82 Å². The molecule has 132 valence electrons. The summed E-state index contributed by atoms with van der Waals surface area (Å²) >= 11 is 0. The summed E-state index contributed by atoms with van der Waals surface area (Å²) in [5, 5.41) is 14.0. The van der Waals surface area contributed by atoms with Crippen LogP contribution in [-0.4, -0.2) is 32.7 Å². The number of aromatic nitrogens is 3. The Labute approximate surface area is 193 Å². The van der Waals surface area contributed by atoms with Gasteiger partial charge in [0, 0.05) is 30.4 Å². The Bertz CT molecular complexity index is 599. The maximum atomic E-state index is 9.50. The quantitative estimate of drug-likeness (QED) is 0.665. The van der Waals surface area contributed by atoms with Crippen molar-refractivity contribution >= 4 is 5.82 Å². The van der Waals surface area contributed by atoms with E-state index in [4.69, 9.17) is 4.74 Å². The first-order valence-electron chi connectivity index (χ1n) is 7.90. The molecular weight excluding hydrogens is 343 g/mol. The van der Waals surface area contributed by atoms with E-state index in [9.17, 15) is 5.11 Å². The minimum atomic E-state index is -0.162. The third-order valence-corrected chi connectivity index (χ3v) is 3.38. The van der Waals surface area contributed by atoms with Gasteiger partial charge in [0.2, 0.25) is 0 Å². The summed E-state index contributed by atoms with van der Waals surface area (Å²) in [5.41, 5.74) is 0.962. The number of hydrogen-bond acceptors (Lipinski definition) is 5. The largest absolute Gasteiger partial charge is 1.00 e. The van der Waals surface area contributed by atoms with Crippen molar-refractivity contribution in [3.05, 3.63) is 47.4 Å². The van der Waals surface area contributed by atoms with Crippen LogP contribution in [0.15, 0.2) is 30.7 Å². The van der Waals surface area contributed by atoms with Crippen molar-refractivity contribution in [2.75, 3.05) is 6.61 Å². The second-order valence-corrected chi connectivity index (χ2v) is 5.36. The molecule has 0 aliphatic rings. The molecule has 2 aromatic heterocycles. The number of aliphatic hydroxyl groups excluding tert-OH is 1. The van der Waals surface area contributed by atoms with Gasteiger partial charge in [0.05, 0.1) is 6.20 Å². The molecule has 0 saturated heterocycles. The molecule has 0 amide bonds. The summed E-state index contributed by atoms with van der Waals surface area (Å²) in [5.74, 6) is 1.65. The Kier molecular flexibility index (Phi) is 13.3. The monoisotopic (exact) mass is 370 g/mol. The van der Waals surface area contributed by atoms with E-state index >= 15 is 0 Å². The van der Waals surface area contributed by atoms with Crippen molar-refractivity contribution in [2.45, 2.75) is 53.2 Å². The van der Waals surface area contributed by atoms with Crippen molar-refractivity contribution in [1.29, 1.82) is 0 Å². The Morgan fingerprint density at radius 3 is 2.76 bits per heavy atom. The molecule has 0 bridgehead atoms. The van der Waals surface area contributed by atoms with Crippen molar-refractivity contribution in [1.82, 2.24) is 15.0 Å². The third kappa shape index (κ3) is 8.57. The fourth-order valence-corrected chi connectivity index (χ4v) is 2.10. The summed E-state index contributed by atoms with van der Waals surface area (Å²) in [6.45, 7) is 4.31. The van der Waals surface area contributed by atoms with Gasteiger partial charge in [-0.2, -0.15) is 0 Å². The molecule has 7 heteroatoms. The van der Waals surface area contributed by atoms with Crippen LogP contribution in [0.3, 0.4) is 0 Å². The third-order valence-electron chi connectivity index (χ3n) is 3.38. The molecule has 0 saturated carbocycles. The first-order chi connectivity index (χ1) is 11.2. The molecule has 0 aliphatic carbocycles. The van der Waals surface area contributed by atoms with Gasteiger partial charge in [-0.15, -0.1) is 0 Å². The van der Waals surface area contributed by atoms with Crippen LogP contribution in [-0.2, 0) is 6.61 Å². The minimum Gasteiger partial charge on any atom is -0.487 e. The molecular formula is C18H27KN4O2. The van der Waals surface area contributed by atoms with Crippen molar-refractivity contribution < 1.29 is 61.2 Å². The average molecular weight is 371 g/mol. The van der Waals surface area contributed by atoms with E-state index in [1.165, 1.54) is 0 Å². The van der Waals surface area contributed by atoms with Crippen LogP contribution >= 0.6 is 0 Å². The summed E-state index contributed by atoms with van der Waals surface area (Å²) < 4.78 is 5.79. The van der Waals surface area contributed by atoms with Gasteiger partial charge >= 0.3 is 51.4 Å². The molecule has 0 unspecified atom stereocenters. The van der Waals surface area contributed by atoms with Gasteiger partial charge in [-0.25, -0.2) is 0 Å². The number of nitrogens with zero attached hydrogens (tertiary/aromatic N) is 4. The molecule has 0 fully saturated rings. The topological polar surface area (TPSA) is 82.2 Å². The average Bonchev–Trinajstić information content (AvgIpc) is 2.58. The first-order valence-corrected chi connectivity index (χ1v) is 7.90. The number of rotatable bonds is 9. The van der Waals surface area contributed by atoms with Crippen LogP contribution < -0.4 is 56.1 Å². The van der Waals surface area contributed by atoms with E-state index in [1.807, 2.05) is 19.1 Å². The van der Waals surface area contributed by atoms with E-state index in [1.54, 1.807) is 18.6 Å². The number of aliphatic hydroxyl groups is 1. The predicted molar refractivity (Wildman–Crippen MR) is 95.5 cm³/mol. The smallest absolute Gasteiger partial charge is 0.487 e. The Balaban J connectivity index is 0.00000288. The molecule has 2 heterocycles. The molecule has 1 N–H and O–H groups in total. The SMILES string of the molecule is C.CCCC[C@@H](CO)[N-]c1nc(C)ncc1OCc1cccnc1.[K+]. The molecule has 2 aromatic rings. The molecule has 0 aliphatic heterocycles. The van der Waals surface area contributed by atoms with Crippen LogP contribution in [0.5, 0.6) is 5.75 Å². The second-order valence-electron chi connectivity index (χ2n) is 5.36. The fourth-order valence-electron chi connectivity index (χ4n) is 2.10. The van der Waals surface area contributed by atoms with Crippen molar-refractivity contribution in [3.63, 3.8) is 0 Å². The molecule has 0 radical (unpaired) electrons. The van der Waals surface area contributed by atoms with E-state index in [-0.39, 0.29) is 71.5 Å². The first kappa shape index (κ1) is 24.4. The Morgan fingerprint density at radius 1 is 1.32 bits per heavy atom. The fraction of sp³-hybridized carbons (Fsp3) is 0.500. The van der Waals surface area contributed by atoms with E-state index in [2.05, 4.69) is 27.2 Å². The van der Waals surface area contributed by atoms with Crippen LogP contribution in [0.2, 0.25) is 0 Å². The van der Waals surface area contributed by atoms with Gasteiger partial charge in [-0.05, 0) is 31.3 Å². The molecule has 1 atom stereocenters. The number of unbranched alkanes of at least 4 members (excludes halogenated alkanes) is 1. The molecule has 2 rings (SSSR count). The number of pyridine rings is 1. The zero-order valence-corrected chi connectivity index (χ0v) is 17.8.